The van der Waals surface area contributed by atoms with Crippen LogP contribution >= 0.6 is 22.9 Å². The largest absolute Gasteiger partial charge is 0.294 e. The lowest BCUT2D eigenvalue weighted by Gasteiger charge is -2.21. The number of rotatable bonds is 5. The van der Waals surface area contributed by atoms with Gasteiger partial charge in [0.2, 0.25) is 0 Å². The van der Waals surface area contributed by atoms with Crippen molar-refractivity contribution in [3.05, 3.63) is 56.8 Å². The van der Waals surface area contributed by atoms with E-state index in [4.69, 9.17) is 11.6 Å². The Bertz CT molecular complexity index is 642. The lowest BCUT2D eigenvalue weighted by atomic mass is 9.86. The third-order valence-electron chi connectivity index (χ3n) is 3.82. The molecule has 0 saturated heterocycles. The van der Waals surface area contributed by atoms with Crippen molar-refractivity contribution in [3.63, 3.8) is 0 Å². The molecule has 3 heteroatoms. The standard InChI is InChI=1S/C18H21ClOS/c1-11(2)18(17-8-7-16(21-17)13(4)20)14-6-5-12(3)15(9-14)10-19/h5-9,11,18H,10H2,1-4H3. The Morgan fingerprint density at radius 2 is 1.95 bits per heavy atom. The third kappa shape index (κ3) is 3.56. The van der Waals surface area contributed by atoms with E-state index in [1.807, 2.05) is 6.07 Å². The molecule has 1 unspecified atom stereocenters. The Morgan fingerprint density at radius 1 is 1.24 bits per heavy atom. The maximum atomic E-state index is 11.5. The number of hydrogen-bond acceptors (Lipinski definition) is 2. The van der Waals surface area contributed by atoms with Crippen LogP contribution in [-0.4, -0.2) is 5.78 Å². The highest BCUT2D eigenvalue weighted by Crippen LogP contribution is 2.37. The van der Waals surface area contributed by atoms with Gasteiger partial charge in [0.15, 0.2) is 5.78 Å². The summed E-state index contributed by atoms with van der Waals surface area (Å²) in [4.78, 5) is 13.6. The average molecular weight is 321 g/mol. The number of benzene rings is 1. The predicted molar refractivity (Wildman–Crippen MR) is 91.7 cm³/mol. The molecule has 21 heavy (non-hydrogen) atoms. The molecule has 2 rings (SSSR count). The maximum absolute atomic E-state index is 11.5. The van der Waals surface area contributed by atoms with Gasteiger partial charge in [-0.3, -0.25) is 4.79 Å². The summed E-state index contributed by atoms with van der Waals surface area (Å²) in [5, 5.41) is 0. The molecule has 112 valence electrons. The minimum absolute atomic E-state index is 0.138. The zero-order chi connectivity index (χ0) is 15.6. The average Bonchev–Trinajstić information content (AvgIpc) is 2.90. The molecule has 0 saturated carbocycles. The first-order valence-electron chi connectivity index (χ1n) is 7.20. The zero-order valence-electron chi connectivity index (χ0n) is 12.9. The van der Waals surface area contributed by atoms with Gasteiger partial charge in [0.25, 0.3) is 0 Å². The second-order valence-corrected chi connectivity index (χ2v) is 7.18. The highest BCUT2D eigenvalue weighted by atomic mass is 35.5. The molecular formula is C18H21ClOS. The summed E-state index contributed by atoms with van der Waals surface area (Å²) in [6, 6.07) is 10.6. The van der Waals surface area contributed by atoms with Gasteiger partial charge in [0, 0.05) is 16.7 Å². The van der Waals surface area contributed by atoms with Crippen LogP contribution in [0.3, 0.4) is 0 Å². The lowest BCUT2D eigenvalue weighted by Crippen LogP contribution is -2.07. The molecule has 1 atom stereocenters. The number of carbonyl (C=O) groups excluding carboxylic acids is 1. The first-order chi connectivity index (χ1) is 9.93. The predicted octanol–water partition coefficient (Wildman–Crippen LogP) is 5.79. The van der Waals surface area contributed by atoms with Gasteiger partial charge in [-0.25, -0.2) is 0 Å². The Labute approximate surface area is 136 Å². The highest BCUT2D eigenvalue weighted by Gasteiger charge is 2.21. The van der Waals surface area contributed by atoms with E-state index >= 15 is 0 Å². The van der Waals surface area contributed by atoms with Crippen molar-refractivity contribution in [2.75, 3.05) is 0 Å². The SMILES string of the molecule is CC(=O)c1ccc(C(c2ccc(C)c(CCl)c2)C(C)C)s1. The van der Waals surface area contributed by atoms with Crippen molar-refractivity contribution < 1.29 is 4.79 Å². The van der Waals surface area contributed by atoms with Crippen molar-refractivity contribution in [1.82, 2.24) is 0 Å². The van der Waals surface area contributed by atoms with Gasteiger partial charge < -0.3 is 0 Å². The van der Waals surface area contributed by atoms with Crippen LogP contribution in [0.4, 0.5) is 0 Å². The van der Waals surface area contributed by atoms with Crippen molar-refractivity contribution in [3.8, 4) is 0 Å². The fraction of sp³-hybridized carbons (Fsp3) is 0.389. The smallest absolute Gasteiger partial charge is 0.169 e. The van der Waals surface area contributed by atoms with E-state index in [0.29, 0.717) is 17.7 Å². The Kier molecular flexibility index (Phi) is 5.23. The van der Waals surface area contributed by atoms with Crippen LogP contribution in [0.25, 0.3) is 0 Å². The monoisotopic (exact) mass is 320 g/mol. The molecule has 2 aromatic rings. The van der Waals surface area contributed by atoms with Crippen LogP contribution in [0.15, 0.2) is 30.3 Å². The van der Waals surface area contributed by atoms with Gasteiger partial charge in [-0.2, -0.15) is 0 Å². The summed E-state index contributed by atoms with van der Waals surface area (Å²) in [6.07, 6.45) is 0. The topological polar surface area (TPSA) is 17.1 Å². The molecule has 0 amide bonds. The Hall–Kier alpha value is -1.12. The molecular weight excluding hydrogens is 300 g/mol. The van der Waals surface area contributed by atoms with Gasteiger partial charge in [-0.1, -0.05) is 32.0 Å². The van der Waals surface area contributed by atoms with Crippen molar-refractivity contribution in [2.45, 2.75) is 39.5 Å². The van der Waals surface area contributed by atoms with E-state index in [2.05, 4.69) is 45.0 Å². The molecule has 1 aromatic heterocycles. The summed E-state index contributed by atoms with van der Waals surface area (Å²) >= 11 is 7.65. The summed E-state index contributed by atoms with van der Waals surface area (Å²) in [7, 11) is 0. The van der Waals surface area contributed by atoms with Gasteiger partial charge in [0.05, 0.1) is 4.88 Å². The van der Waals surface area contributed by atoms with Crippen LogP contribution in [0.5, 0.6) is 0 Å². The number of halogens is 1. The number of aryl methyl sites for hydroxylation is 1. The summed E-state index contributed by atoms with van der Waals surface area (Å²) < 4.78 is 0. The minimum atomic E-state index is 0.138. The molecule has 1 heterocycles. The van der Waals surface area contributed by atoms with Crippen LogP contribution < -0.4 is 0 Å². The summed E-state index contributed by atoms with van der Waals surface area (Å²) in [6.45, 7) is 8.15. The number of alkyl halides is 1. The fourth-order valence-corrected chi connectivity index (χ4v) is 4.11. The summed E-state index contributed by atoms with van der Waals surface area (Å²) in [5.41, 5.74) is 3.69. The van der Waals surface area contributed by atoms with E-state index in [-0.39, 0.29) is 5.78 Å². The molecule has 0 aliphatic rings. The Morgan fingerprint density at radius 3 is 2.48 bits per heavy atom. The van der Waals surface area contributed by atoms with Gasteiger partial charge >= 0.3 is 0 Å². The molecule has 0 aliphatic carbocycles. The van der Waals surface area contributed by atoms with Crippen molar-refractivity contribution >= 4 is 28.7 Å². The second kappa shape index (κ2) is 6.76. The third-order valence-corrected chi connectivity index (χ3v) is 5.38. The number of hydrogen-bond donors (Lipinski definition) is 0. The minimum Gasteiger partial charge on any atom is -0.294 e. The van der Waals surface area contributed by atoms with Gasteiger partial charge in [0.1, 0.15) is 0 Å². The summed E-state index contributed by atoms with van der Waals surface area (Å²) in [5.74, 6) is 1.45. The number of thiophene rings is 1. The molecule has 1 aromatic carbocycles. The van der Waals surface area contributed by atoms with Crippen LogP contribution in [0.2, 0.25) is 0 Å². The second-order valence-electron chi connectivity index (χ2n) is 5.80. The van der Waals surface area contributed by atoms with E-state index < -0.39 is 0 Å². The van der Waals surface area contributed by atoms with E-state index in [1.165, 1.54) is 21.6 Å². The van der Waals surface area contributed by atoms with Crippen LogP contribution in [0, 0.1) is 12.8 Å². The first-order valence-corrected chi connectivity index (χ1v) is 8.55. The van der Waals surface area contributed by atoms with Gasteiger partial charge in [-0.05, 0) is 48.6 Å². The molecule has 0 fully saturated rings. The molecule has 0 aliphatic heterocycles. The number of ketones is 1. The van der Waals surface area contributed by atoms with E-state index in [9.17, 15) is 4.79 Å². The van der Waals surface area contributed by atoms with Crippen LogP contribution in [-0.2, 0) is 5.88 Å². The fourth-order valence-electron chi connectivity index (χ4n) is 2.62. The van der Waals surface area contributed by atoms with E-state index in [0.717, 1.165) is 4.88 Å². The Balaban J connectivity index is 2.45. The van der Waals surface area contributed by atoms with Crippen LogP contribution in [0.1, 0.15) is 57.9 Å². The van der Waals surface area contributed by atoms with Gasteiger partial charge in [-0.15, -0.1) is 22.9 Å². The number of Topliss-reactive ketones (excluding diaryl/α,β-unsaturated/α-hetero) is 1. The van der Waals surface area contributed by atoms with Crippen molar-refractivity contribution in [2.24, 2.45) is 5.92 Å². The molecule has 1 nitrogen and oxygen atoms in total. The molecule has 0 radical (unpaired) electrons. The van der Waals surface area contributed by atoms with Crippen molar-refractivity contribution in [1.29, 1.82) is 0 Å². The normalized spacial score (nSPS) is 12.7. The molecule has 0 N–H and O–H groups in total. The number of carbonyl (C=O) groups is 1. The van der Waals surface area contributed by atoms with E-state index in [1.54, 1.807) is 18.3 Å². The quantitative estimate of drug-likeness (QED) is 0.503. The molecule has 0 bridgehead atoms. The highest BCUT2D eigenvalue weighted by molar-refractivity contribution is 7.14. The maximum Gasteiger partial charge on any atom is 0.169 e. The zero-order valence-corrected chi connectivity index (χ0v) is 14.5. The lowest BCUT2D eigenvalue weighted by molar-refractivity contribution is 0.102. The molecule has 0 spiro atoms. The first kappa shape index (κ1) is 16.3.